The molecule has 0 aliphatic carbocycles. The number of para-hydroxylation sites is 3. The minimum Gasteiger partial charge on any atom is -0.308 e. The highest BCUT2D eigenvalue weighted by Gasteiger charge is 2.21. The molecule has 0 aliphatic rings. The van der Waals surface area contributed by atoms with E-state index >= 15 is 0 Å². The molecule has 0 radical (unpaired) electrons. The fraction of sp³-hybridized carbons (Fsp3) is 0.0444. The number of rotatable bonds is 8. The average molecular weight is 657 g/mol. The van der Waals surface area contributed by atoms with E-state index in [-0.39, 0.29) is 0 Å². The molecule has 8 rings (SSSR count). The van der Waals surface area contributed by atoms with Crippen LogP contribution in [-0.4, -0.2) is 24.5 Å². The lowest BCUT2D eigenvalue weighted by Crippen LogP contribution is -2.02. The van der Waals surface area contributed by atoms with E-state index in [1.54, 1.807) is 12.1 Å². The molecule has 8 aromatic rings. The Morgan fingerprint density at radius 3 is 2.02 bits per heavy atom. The summed E-state index contributed by atoms with van der Waals surface area (Å²) in [4.78, 5) is 19.9. The molecule has 51 heavy (non-hydrogen) atoms. The SMILES string of the molecule is C=C(/C=C\C(=C/CC)c1nc2ccccc2c2c1c1ccccc1n2-c1ccccc1)c1nc(-c2ccccc2)nc(-c2ccc(C#N)cc2)n1. The predicted molar refractivity (Wildman–Crippen MR) is 208 cm³/mol. The molecule has 242 valence electrons. The number of nitrogens with zero attached hydrogens (tertiary/aromatic N) is 6. The Hall–Kier alpha value is -6.97. The summed E-state index contributed by atoms with van der Waals surface area (Å²) in [5.41, 5.74) is 9.01. The van der Waals surface area contributed by atoms with E-state index in [1.165, 1.54) is 0 Å². The fourth-order valence-corrected chi connectivity index (χ4v) is 6.52. The van der Waals surface area contributed by atoms with Gasteiger partial charge in [0.2, 0.25) is 0 Å². The third-order valence-corrected chi connectivity index (χ3v) is 8.91. The Kier molecular flexibility index (Phi) is 8.29. The van der Waals surface area contributed by atoms with Crippen LogP contribution < -0.4 is 0 Å². The standard InChI is InChI=1S/C45H32N6/c1-3-14-32(26-23-30(2)43-48-44(33-15-6-4-7-16-33)50-45(49-43)34-27-24-31(29-46)25-28-34)41-40-37-20-11-13-22-39(37)51(35-17-8-5-9-18-35)42(40)36-19-10-12-21-38(36)47-41/h4-28H,2-3H2,1H3/b26-23-,32-14+. The minimum absolute atomic E-state index is 0.465. The number of pyridine rings is 1. The predicted octanol–water partition coefficient (Wildman–Crippen LogP) is 10.8. The van der Waals surface area contributed by atoms with Crippen molar-refractivity contribution in [3.8, 4) is 34.5 Å². The van der Waals surface area contributed by atoms with Gasteiger partial charge in [-0.2, -0.15) is 5.26 Å². The van der Waals surface area contributed by atoms with Gasteiger partial charge in [0.15, 0.2) is 17.5 Å². The molecule has 0 N–H and O–H groups in total. The van der Waals surface area contributed by atoms with Gasteiger partial charge in [-0.3, -0.25) is 0 Å². The summed E-state index contributed by atoms with van der Waals surface area (Å²) < 4.78 is 2.35. The first-order valence-corrected chi connectivity index (χ1v) is 16.9. The maximum absolute atomic E-state index is 9.33. The van der Waals surface area contributed by atoms with Crippen LogP contribution in [0.4, 0.5) is 0 Å². The van der Waals surface area contributed by atoms with E-state index < -0.39 is 0 Å². The average Bonchev–Trinajstić information content (AvgIpc) is 3.55. The van der Waals surface area contributed by atoms with Crippen LogP contribution in [0.5, 0.6) is 0 Å². The van der Waals surface area contributed by atoms with Crippen LogP contribution in [-0.2, 0) is 0 Å². The third kappa shape index (κ3) is 5.88. The van der Waals surface area contributed by atoms with Crippen LogP contribution in [0.1, 0.15) is 30.4 Å². The normalized spacial score (nSPS) is 11.8. The molecular weight excluding hydrogens is 625 g/mol. The van der Waals surface area contributed by atoms with Gasteiger partial charge in [-0.05, 0) is 60.5 Å². The van der Waals surface area contributed by atoms with E-state index in [0.29, 0.717) is 28.6 Å². The van der Waals surface area contributed by atoms with Crippen LogP contribution in [0.15, 0.2) is 158 Å². The number of hydrogen-bond acceptors (Lipinski definition) is 5. The van der Waals surface area contributed by atoms with Crippen molar-refractivity contribution in [3.63, 3.8) is 0 Å². The lowest BCUT2D eigenvalue weighted by Gasteiger charge is -2.12. The van der Waals surface area contributed by atoms with Gasteiger partial charge < -0.3 is 4.57 Å². The number of allylic oxidation sites excluding steroid dienone is 5. The van der Waals surface area contributed by atoms with Crippen molar-refractivity contribution in [1.29, 1.82) is 5.26 Å². The molecule has 6 nitrogen and oxygen atoms in total. The number of fused-ring (bicyclic) bond motifs is 5. The van der Waals surface area contributed by atoms with Crippen molar-refractivity contribution in [2.45, 2.75) is 13.3 Å². The fourth-order valence-electron chi connectivity index (χ4n) is 6.52. The van der Waals surface area contributed by atoms with Gasteiger partial charge in [-0.25, -0.2) is 19.9 Å². The molecule has 0 saturated heterocycles. The van der Waals surface area contributed by atoms with Crippen molar-refractivity contribution in [1.82, 2.24) is 24.5 Å². The molecule has 3 heterocycles. The topological polar surface area (TPSA) is 80.3 Å². The van der Waals surface area contributed by atoms with E-state index in [4.69, 9.17) is 19.9 Å². The van der Waals surface area contributed by atoms with Crippen molar-refractivity contribution in [3.05, 3.63) is 175 Å². The molecule has 0 unspecified atom stereocenters. The van der Waals surface area contributed by atoms with Gasteiger partial charge >= 0.3 is 0 Å². The molecule has 3 aromatic heterocycles. The molecule has 5 aromatic carbocycles. The molecule has 0 aliphatic heterocycles. The van der Waals surface area contributed by atoms with Gasteiger partial charge in [0.1, 0.15) is 0 Å². The summed E-state index contributed by atoms with van der Waals surface area (Å²) in [6, 6.07) is 46.7. The second-order valence-electron chi connectivity index (χ2n) is 12.2. The third-order valence-electron chi connectivity index (χ3n) is 8.91. The molecule has 0 spiro atoms. The van der Waals surface area contributed by atoms with Gasteiger partial charge in [0, 0.05) is 38.5 Å². The largest absolute Gasteiger partial charge is 0.308 e. The second-order valence-corrected chi connectivity index (χ2v) is 12.2. The van der Waals surface area contributed by atoms with Crippen LogP contribution in [0.25, 0.3) is 72.3 Å². The minimum atomic E-state index is 0.465. The first-order valence-electron chi connectivity index (χ1n) is 16.9. The number of hydrogen-bond donors (Lipinski definition) is 0. The lowest BCUT2D eigenvalue weighted by atomic mass is 10.0. The Bertz CT molecular complexity index is 2680. The number of aromatic nitrogens is 5. The van der Waals surface area contributed by atoms with E-state index in [2.05, 4.69) is 103 Å². The molecule has 0 fully saturated rings. The Labute approximate surface area is 296 Å². The zero-order chi connectivity index (χ0) is 34.7. The van der Waals surface area contributed by atoms with Gasteiger partial charge in [-0.1, -0.05) is 117 Å². The van der Waals surface area contributed by atoms with Crippen molar-refractivity contribution in [2.75, 3.05) is 0 Å². The van der Waals surface area contributed by atoms with Gasteiger partial charge in [0.05, 0.1) is 33.9 Å². The summed E-state index contributed by atoms with van der Waals surface area (Å²) in [6.07, 6.45) is 7.06. The summed E-state index contributed by atoms with van der Waals surface area (Å²) in [5, 5.41) is 12.7. The number of benzene rings is 5. The molecule has 0 bridgehead atoms. The second kappa shape index (κ2) is 13.5. The highest BCUT2D eigenvalue weighted by atomic mass is 15.0. The van der Waals surface area contributed by atoms with Crippen molar-refractivity contribution < 1.29 is 0 Å². The quantitative estimate of drug-likeness (QED) is 0.152. The summed E-state index contributed by atoms with van der Waals surface area (Å²) in [7, 11) is 0. The zero-order valence-corrected chi connectivity index (χ0v) is 28.0. The van der Waals surface area contributed by atoms with Crippen LogP contribution in [0, 0.1) is 11.3 Å². The van der Waals surface area contributed by atoms with Crippen LogP contribution in [0.2, 0.25) is 0 Å². The van der Waals surface area contributed by atoms with Gasteiger partial charge in [0.25, 0.3) is 0 Å². The highest BCUT2D eigenvalue weighted by Crippen LogP contribution is 2.40. The summed E-state index contributed by atoms with van der Waals surface area (Å²) in [5.74, 6) is 1.52. The zero-order valence-electron chi connectivity index (χ0n) is 28.0. The number of nitriles is 1. The molecule has 6 heteroatoms. The van der Waals surface area contributed by atoms with E-state index in [0.717, 1.165) is 67.2 Å². The van der Waals surface area contributed by atoms with Gasteiger partial charge in [-0.15, -0.1) is 0 Å². The van der Waals surface area contributed by atoms with Crippen LogP contribution >= 0.6 is 0 Å². The summed E-state index contributed by atoms with van der Waals surface area (Å²) >= 11 is 0. The van der Waals surface area contributed by atoms with Crippen molar-refractivity contribution >= 4 is 43.9 Å². The highest BCUT2D eigenvalue weighted by molar-refractivity contribution is 6.21. The van der Waals surface area contributed by atoms with E-state index in [1.807, 2.05) is 60.7 Å². The Morgan fingerprint density at radius 1 is 0.686 bits per heavy atom. The molecule has 0 atom stereocenters. The Balaban J connectivity index is 1.28. The lowest BCUT2D eigenvalue weighted by molar-refractivity contribution is 1.04. The Morgan fingerprint density at radius 2 is 1.31 bits per heavy atom. The first kappa shape index (κ1) is 31.3. The molecule has 0 saturated carbocycles. The smallest absolute Gasteiger partial charge is 0.164 e. The first-order chi connectivity index (χ1) is 25.1. The maximum atomic E-state index is 9.33. The molecule has 0 amide bonds. The van der Waals surface area contributed by atoms with Crippen LogP contribution in [0.3, 0.4) is 0 Å². The van der Waals surface area contributed by atoms with E-state index in [9.17, 15) is 5.26 Å². The van der Waals surface area contributed by atoms with Crippen molar-refractivity contribution in [2.24, 2.45) is 0 Å². The maximum Gasteiger partial charge on any atom is 0.164 e. The summed E-state index contributed by atoms with van der Waals surface area (Å²) in [6.45, 7) is 6.55. The monoisotopic (exact) mass is 656 g/mol. The molecular formula is C45H32N6.